The van der Waals surface area contributed by atoms with Crippen LogP contribution in [-0.2, 0) is 4.74 Å². The highest BCUT2D eigenvalue weighted by Crippen LogP contribution is 1.98. The van der Waals surface area contributed by atoms with Crippen LogP contribution in [0.5, 0.6) is 0 Å². The van der Waals surface area contributed by atoms with Gasteiger partial charge in [-0.15, -0.1) is 0 Å². The van der Waals surface area contributed by atoms with E-state index >= 15 is 0 Å². The summed E-state index contributed by atoms with van der Waals surface area (Å²) in [6, 6.07) is 0. The van der Waals surface area contributed by atoms with Gasteiger partial charge < -0.3 is 4.74 Å². The van der Waals surface area contributed by atoms with Crippen LogP contribution in [-0.4, -0.2) is 13.7 Å². The zero-order valence-electron chi connectivity index (χ0n) is 11.4. The second-order valence-electron chi connectivity index (χ2n) is 1.97. The van der Waals surface area contributed by atoms with E-state index < -0.39 is 0 Å². The van der Waals surface area contributed by atoms with Gasteiger partial charge in [0.2, 0.25) is 0 Å². The molecule has 0 bridgehead atoms. The lowest BCUT2D eigenvalue weighted by Gasteiger charge is -2.03. The summed E-state index contributed by atoms with van der Waals surface area (Å²) in [6.07, 6.45) is 1.22. The Morgan fingerprint density at radius 1 is 0.923 bits per heavy atom. The van der Waals surface area contributed by atoms with E-state index in [-0.39, 0.29) is 0 Å². The number of hydrogen-bond donors (Lipinski definition) is 0. The SMILES string of the molecule is CC.CC.CC.CCC(C)COC. The minimum Gasteiger partial charge on any atom is -0.384 e. The lowest BCUT2D eigenvalue weighted by molar-refractivity contribution is 0.158. The van der Waals surface area contributed by atoms with Gasteiger partial charge in [-0.05, 0) is 5.92 Å². The first-order chi connectivity index (χ1) is 6.31. The van der Waals surface area contributed by atoms with Crippen LogP contribution in [0.15, 0.2) is 0 Å². The maximum atomic E-state index is 4.89. The second-order valence-corrected chi connectivity index (χ2v) is 1.97. The number of hydrogen-bond acceptors (Lipinski definition) is 1. The van der Waals surface area contributed by atoms with Crippen molar-refractivity contribution >= 4 is 0 Å². The first kappa shape index (κ1) is 23.1. The van der Waals surface area contributed by atoms with Gasteiger partial charge in [-0.25, -0.2) is 0 Å². The van der Waals surface area contributed by atoms with E-state index in [0.717, 1.165) is 12.5 Å². The largest absolute Gasteiger partial charge is 0.384 e. The fraction of sp³-hybridized carbons (Fsp3) is 1.00. The molecule has 0 saturated carbocycles. The van der Waals surface area contributed by atoms with E-state index in [1.807, 2.05) is 41.5 Å². The van der Waals surface area contributed by atoms with Gasteiger partial charge in [0.25, 0.3) is 0 Å². The average molecular weight is 192 g/mol. The Morgan fingerprint density at radius 2 is 1.23 bits per heavy atom. The Balaban J connectivity index is -0.0000000573. The summed E-state index contributed by atoms with van der Waals surface area (Å²) in [5, 5.41) is 0. The van der Waals surface area contributed by atoms with Gasteiger partial charge in [-0.3, -0.25) is 0 Å². The normalized spacial score (nSPS) is 9.00. The lowest BCUT2D eigenvalue weighted by atomic mass is 10.1. The van der Waals surface area contributed by atoms with Crippen LogP contribution >= 0.6 is 0 Å². The van der Waals surface area contributed by atoms with E-state index in [1.165, 1.54) is 6.42 Å². The molecule has 0 aliphatic rings. The van der Waals surface area contributed by atoms with Gasteiger partial charge in [-0.2, -0.15) is 0 Å². The highest BCUT2D eigenvalue weighted by Gasteiger charge is 1.93. The molecule has 0 spiro atoms. The van der Waals surface area contributed by atoms with Gasteiger partial charge in [0.1, 0.15) is 0 Å². The molecule has 1 nitrogen and oxygen atoms in total. The van der Waals surface area contributed by atoms with Crippen molar-refractivity contribution in [2.24, 2.45) is 5.92 Å². The second kappa shape index (κ2) is 40.4. The van der Waals surface area contributed by atoms with Crippen LogP contribution in [0.25, 0.3) is 0 Å². The number of methoxy groups -OCH3 is 1. The van der Waals surface area contributed by atoms with Gasteiger partial charge in [0, 0.05) is 13.7 Å². The Hall–Kier alpha value is -0.0400. The van der Waals surface area contributed by atoms with Crippen molar-refractivity contribution in [1.82, 2.24) is 0 Å². The van der Waals surface area contributed by atoms with Crippen LogP contribution in [0, 0.1) is 5.92 Å². The van der Waals surface area contributed by atoms with E-state index in [9.17, 15) is 0 Å². The van der Waals surface area contributed by atoms with E-state index in [2.05, 4.69) is 13.8 Å². The molecule has 0 aromatic heterocycles. The molecule has 0 heterocycles. The van der Waals surface area contributed by atoms with Crippen LogP contribution in [0.2, 0.25) is 0 Å². The van der Waals surface area contributed by atoms with Crippen molar-refractivity contribution in [2.45, 2.75) is 61.8 Å². The molecule has 0 amide bonds. The molecule has 0 fully saturated rings. The molecule has 0 rings (SSSR count). The smallest absolute Gasteiger partial charge is 0.0487 e. The molecule has 0 aliphatic heterocycles. The Kier molecular flexibility index (Phi) is 71.8. The fourth-order valence-corrected chi connectivity index (χ4v) is 0.402. The fourth-order valence-electron chi connectivity index (χ4n) is 0.402. The van der Waals surface area contributed by atoms with E-state index in [0.29, 0.717) is 0 Å². The summed E-state index contributed by atoms with van der Waals surface area (Å²) in [5.74, 6) is 0.727. The standard InChI is InChI=1S/C6H14O.3C2H6/c1-4-6(2)5-7-3;3*1-2/h6H,4-5H2,1-3H3;3*1-2H3. The molecule has 0 saturated heterocycles. The molecule has 86 valence electrons. The molecular weight excluding hydrogens is 160 g/mol. The first-order valence-corrected chi connectivity index (χ1v) is 5.80. The summed E-state index contributed by atoms with van der Waals surface area (Å²) >= 11 is 0. The first-order valence-electron chi connectivity index (χ1n) is 5.80. The predicted molar refractivity (Wildman–Crippen MR) is 65.4 cm³/mol. The highest BCUT2D eigenvalue weighted by molar-refractivity contribution is 4.43. The van der Waals surface area contributed by atoms with E-state index in [4.69, 9.17) is 4.74 Å². The molecule has 1 atom stereocenters. The molecule has 0 aromatic rings. The van der Waals surface area contributed by atoms with Gasteiger partial charge in [-0.1, -0.05) is 61.8 Å². The lowest BCUT2D eigenvalue weighted by Crippen LogP contribution is -2.00. The summed E-state index contributed by atoms with van der Waals surface area (Å²) in [5.41, 5.74) is 0. The average Bonchev–Trinajstić information content (AvgIpc) is 2.27. The quantitative estimate of drug-likeness (QED) is 0.626. The molecule has 0 N–H and O–H groups in total. The predicted octanol–water partition coefficient (Wildman–Crippen LogP) is 4.76. The topological polar surface area (TPSA) is 9.23 Å². The Bertz CT molecular complexity index is 36.1. The van der Waals surface area contributed by atoms with Crippen LogP contribution < -0.4 is 0 Å². The summed E-state index contributed by atoms with van der Waals surface area (Å²) in [6.45, 7) is 17.3. The number of rotatable bonds is 3. The van der Waals surface area contributed by atoms with Crippen LogP contribution in [0.1, 0.15) is 61.8 Å². The maximum Gasteiger partial charge on any atom is 0.0487 e. The molecule has 13 heavy (non-hydrogen) atoms. The molecule has 1 unspecified atom stereocenters. The summed E-state index contributed by atoms with van der Waals surface area (Å²) in [7, 11) is 1.74. The molecule has 0 aromatic carbocycles. The zero-order chi connectivity index (χ0) is 11.7. The molecule has 0 radical (unpaired) electrons. The maximum absolute atomic E-state index is 4.89. The third kappa shape index (κ3) is 48.2. The minimum absolute atomic E-state index is 0.727. The van der Waals surface area contributed by atoms with Crippen molar-refractivity contribution in [2.75, 3.05) is 13.7 Å². The van der Waals surface area contributed by atoms with Gasteiger partial charge >= 0.3 is 0 Å². The van der Waals surface area contributed by atoms with Crippen molar-refractivity contribution in [3.05, 3.63) is 0 Å². The zero-order valence-corrected chi connectivity index (χ0v) is 11.4. The van der Waals surface area contributed by atoms with Gasteiger partial charge in [0.15, 0.2) is 0 Å². The van der Waals surface area contributed by atoms with Crippen molar-refractivity contribution < 1.29 is 4.74 Å². The Morgan fingerprint density at radius 3 is 1.31 bits per heavy atom. The van der Waals surface area contributed by atoms with Gasteiger partial charge in [0.05, 0.1) is 0 Å². The monoisotopic (exact) mass is 192 g/mol. The number of ether oxygens (including phenoxy) is 1. The third-order valence-electron chi connectivity index (χ3n) is 1.15. The van der Waals surface area contributed by atoms with Crippen molar-refractivity contribution in [1.29, 1.82) is 0 Å². The summed E-state index contributed by atoms with van der Waals surface area (Å²) in [4.78, 5) is 0. The van der Waals surface area contributed by atoms with Crippen LogP contribution in [0.4, 0.5) is 0 Å². The summed E-state index contributed by atoms with van der Waals surface area (Å²) < 4.78 is 4.89. The van der Waals surface area contributed by atoms with Crippen molar-refractivity contribution in [3.63, 3.8) is 0 Å². The van der Waals surface area contributed by atoms with E-state index in [1.54, 1.807) is 7.11 Å². The third-order valence-corrected chi connectivity index (χ3v) is 1.15. The Labute approximate surface area is 86.9 Å². The van der Waals surface area contributed by atoms with Crippen molar-refractivity contribution in [3.8, 4) is 0 Å². The molecular formula is C12H32O. The minimum atomic E-state index is 0.727. The molecule has 0 aliphatic carbocycles. The highest BCUT2D eigenvalue weighted by atomic mass is 16.5. The molecule has 1 heteroatoms. The van der Waals surface area contributed by atoms with Crippen LogP contribution in [0.3, 0.4) is 0 Å².